The van der Waals surface area contributed by atoms with Gasteiger partial charge in [-0.3, -0.25) is 4.79 Å². The van der Waals surface area contributed by atoms with Gasteiger partial charge in [0.1, 0.15) is 4.90 Å². The molecule has 1 aliphatic heterocycles. The molecule has 29 heavy (non-hydrogen) atoms. The molecule has 0 radical (unpaired) electrons. The van der Waals surface area contributed by atoms with Crippen LogP contribution in [-0.2, 0) is 14.8 Å². The molecular weight excluding hydrogens is 416 g/mol. The highest BCUT2D eigenvalue weighted by atomic mass is 35.5. The first-order chi connectivity index (χ1) is 13.8. The molecule has 0 unspecified atom stereocenters. The molecule has 0 spiro atoms. The molecule has 2 aromatic rings. The van der Waals surface area contributed by atoms with Crippen LogP contribution in [0.4, 0.5) is 5.69 Å². The molecule has 1 amide bonds. The summed E-state index contributed by atoms with van der Waals surface area (Å²) in [6.07, 6.45) is 0. The third kappa shape index (κ3) is 5.33. The van der Waals surface area contributed by atoms with Crippen molar-refractivity contribution in [1.29, 1.82) is 0 Å². The summed E-state index contributed by atoms with van der Waals surface area (Å²) in [6, 6.07) is 11.7. The molecule has 3 rings (SSSR count). The minimum Gasteiger partial charge on any atom is -0.378 e. The third-order valence-corrected chi connectivity index (χ3v) is 5.88. The molecule has 0 bridgehead atoms. The summed E-state index contributed by atoms with van der Waals surface area (Å²) in [7, 11) is -4.04. The van der Waals surface area contributed by atoms with E-state index in [0.717, 1.165) is 30.4 Å². The smallest absolute Gasteiger partial charge is 0.271 e. The monoisotopic (exact) mass is 436 g/mol. The van der Waals surface area contributed by atoms with E-state index in [1.807, 2.05) is 24.3 Å². The van der Waals surface area contributed by atoms with Gasteiger partial charge in [0.05, 0.1) is 23.9 Å². The zero-order chi connectivity index (χ0) is 21.0. The van der Waals surface area contributed by atoms with Gasteiger partial charge in [0.15, 0.2) is 0 Å². The lowest BCUT2D eigenvalue weighted by atomic mass is 10.1. The van der Waals surface area contributed by atoms with Gasteiger partial charge in [-0.15, -0.1) is 0 Å². The molecule has 8 nitrogen and oxygen atoms in total. The molecule has 0 aromatic heterocycles. The Morgan fingerprint density at radius 3 is 2.38 bits per heavy atom. The summed E-state index contributed by atoms with van der Waals surface area (Å²) in [4.78, 5) is 14.2. The normalized spacial score (nSPS) is 15.3. The maximum Gasteiger partial charge on any atom is 0.271 e. The number of nitrogens with zero attached hydrogens (tertiary/aromatic N) is 2. The molecule has 1 heterocycles. The second-order valence-corrected chi connectivity index (χ2v) is 8.41. The maximum atomic E-state index is 12.3. The summed E-state index contributed by atoms with van der Waals surface area (Å²) in [5.74, 6) is -0.573. The molecule has 2 aromatic carbocycles. The topological polar surface area (TPSA) is 114 Å². The molecule has 10 heteroatoms. The maximum absolute atomic E-state index is 12.3. The molecule has 0 saturated carbocycles. The van der Waals surface area contributed by atoms with Crippen molar-refractivity contribution in [3.05, 3.63) is 58.6 Å². The van der Waals surface area contributed by atoms with Crippen molar-refractivity contribution in [3.8, 4) is 0 Å². The Labute approximate surface area is 174 Å². The van der Waals surface area contributed by atoms with E-state index in [1.54, 1.807) is 6.92 Å². The number of hydrogen-bond donors (Lipinski definition) is 2. The Kier molecular flexibility index (Phi) is 6.53. The Balaban J connectivity index is 1.70. The Morgan fingerprint density at radius 1 is 1.14 bits per heavy atom. The van der Waals surface area contributed by atoms with Gasteiger partial charge < -0.3 is 9.64 Å². The molecule has 0 aliphatic carbocycles. The second-order valence-electron chi connectivity index (χ2n) is 6.47. The first kappa shape index (κ1) is 21.3. The number of rotatable bonds is 5. The van der Waals surface area contributed by atoms with Crippen LogP contribution in [0.3, 0.4) is 0 Å². The molecule has 1 saturated heterocycles. The van der Waals surface area contributed by atoms with E-state index in [2.05, 4.69) is 15.4 Å². The van der Waals surface area contributed by atoms with Gasteiger partial charge in [-0.05, 0) is 42.8 Å². The van der Waals surface area contributed by atoms with Crippen LogP contribution in [0.1, 0.15) is 22.8 Å². The van der Waals surface area contributed by atoms with Crippen molar-refractivity contribution in [2.45, 2.75) is 11.8 Å². The number of hydrogen-bond acceptors (Lipinski definition) is 6. The van der Waals surface area contributed by atoms with Gasteiger partial charge in [-0.1, -0.05) is 23.7 Å². The van der Waals surface area contributed by atoms with Crippen LogP contribution in [0.2, 0.25) is 5.02 Å². The highest BCUT2D eigenvalue weighted by Gasteiger charge is 2.16. The SMILES string of the molecule is C/C(=N/NC(=O)c1ccc(Cl)c(S(N)(=O)=O)c1)c1ccc(N2CCOCC2)cc1. The van der Waals surface area contributed by atoms with Crippen molar-refractivity contribution in [3.63, 3.8) is 0 Å². The van der Waals surface area contributed by atoms with E-state index in [1.165, 1.54) is 12.1 Å². The number of sulfonamides is 1. The number of carbonyl (C=O) groups excluding carboxylic acids is 1. The highest BCUT2D eigenvalue weighted by molar-refractivity contribution is 7.89. The average Bonchev–Trinajstić information content (AvgIpc) is 2.72. The lowest BCUT2D eigenvalue weighted by molar-refractivity contribution is 0.0954. The lowest BCUT2D eigenvalue weighted by Crippen LogP contribution is -2.36. The lowest BCUT2D eigenvalue weighted by Gasteiger charge is -2.28. The Morgan fingerprint density at radius 2 is 1.76 bits per heavy atom. The number of carbonyl (C=O) groups is 1. The van der Waals surface area contributed by atoms with Crippen LogP contribution in [0.15, 0.2) is 52.5 Å². The number of primary sulfonamides is 1. The number of benzene rings is 2. The van der Waals surface area contributed by atoms with Crippen LogP contribution in [0, 0.1) is 0 Å². The Hall–Kier alpha value is -2.46. The van der Waals surface area contributed by atoms with Gasteiger partial charge >= 0.3 is 0 Å². The summed E-state index contributed by atoms with van der Waals surface area (Å²) >= 11 is 5.83. The number of halogens is 1. The van der Waals surface area contributed by atoms with Gasteiger partial charge in [0.2, 0.25) is 10.0 Å². The fourth-order valence-corrected chi connectivity index (χ4v) is 3.93. The number of amides is 1. The fourth-order valence-electron chi connectivity index (χ4n) is 2.86. The van der Waals surface area contributed by atoms with Crippen molar-refractivity contribution >= 4 is 38.9 Å². The molecule has 0 atom stereocenters. The van der Waals surface area contributed by atoms with E-state index < -0.39 is 15.9 Å². The average molecular weight is 437 g/mol. The quantitative estimate of drug-likeness (QED) is 0.549. The van der Waals surface area contributed by atoms with Crippen LogP contribution < -0.4 is 15.5 Å². The molecule has 1 aliphatic rings. The number of nitrogens with two attached hydrogens (primary N) is 1. The standard InChI is InChI=1S/C19H21ClN4O4S/c1-13(14-2-5-16(6-3-14)24-8-10-28-11-9-24)22-23-19(25)15-4-7-17(20)18(12-15)29(21,26)27/h2-7,12H,8-11H2,1H3,(H,23,25)(H2,21,26,27)/b22-13-. The molecule has 1 fully saturated rings. The van der Waals surface area contributed by atoms with Crippen LogP contribution in [0.5, 0.6) is 0 Å². The fraction of sp³-hybridized carbons (Fsp3) is 0.263. The summed E-state index contributed by atoms with van der Waals surface area (Å²) in [6.45, 7) is 4.90. The summed E-state index contributed by atoms with van der Waals surface area (Å²) in [5.41, 5.74) is 5.05. The first-order valence-electron chi connectivity index (χ1n) is 8.86. The van der Waals surface area contributed by atoms with E-state index in [4.69, 9.17) is 21.5 Å². The Bertz CT molecular complexity index is 1030. The largest absolute Gasteiger partial charge is 0.378 e. The van der Waals surface area contributed by atoms with Crippen molar-refractivity contribution in [1.82, 2.24) is 5.43 Å². The van der Waals surface area contributed by atoms with Gasteiger partial charge in [0, 0.05) is 24.3 Å². The summed E-state index contributed by atoms with van der Waals surface area (Å²) in [5, 5.41) is 9.15. The molecule has 3 N–H and O–H groups in total. The predicted octanol–water partition coefficient (Wildman–Crippen LogP) is 1.98. The van der Waals surface area contributed by atoms with Crippen molar-refractivity contribution < 1.29 is 17.9 Å². The van der Waals surface area contributed by atoms with E-state index in [9.17, 15) is 13.2 Å². The predicted molar refractivity (Wildman–Crippen MR) is 112 cm³/mol. The van der Waals surface area contributed by atoms with E-state index in [0.29, 0.717) is 18.9 Å². The van der Waals surface area contributed by atoms with E-state index >= 15 is 0 Å². The first-order valence-corrected chi connectivity index (χ1v) is 10.8. The van der Waals surface area contributed by atoms with Crippen molar-refractivity contribution in [2.75, 3.05) is 31.2 Å². The van der Waals surface area contributed by atoms with Crippen LogP contribution >= 0.6 is 11.6 Å². The molecule has 154 valence electrons. The minimum atomic E-state index is -4.04. The van der Waals surface area contributed by atoms with Crippen LogP contribution in [-0.4, -0.2) is 46.3 Å². The number of morpholine rings is 1. The van der Waals surface area contributed by atoms with E-state index in [-0.39, 0.29) is 15.5 Å². The zero-order valence-corrected chi connectivity index (χ0v) is 17.3. The minimum absolute atomic E-state index is 0.0518. The molecular formula is C19H21ClN4O4S. The zero-order valence-electron chi connectivity index (χ0n) is 15.8. The highest BCUT2D eigenvalue weighted by Crippen LogP contribution is 2.21. The van der Waals surface area contributed by atoms with Crippen molar-refractivity contribution in [2.24, 2.45) is 10.2 Å². The third-order valence-electron chi connectivity index (χ3n) is 4.49. The number of hydrazone groups is 1. The second kappa shape index (κ2) is 8.91. The number of anilines is 1. The van der Waals surface area contributed by atoms with Gasteiger partial charge in [-0.2, -0.15) is 5.10 Å². The van der Waals surface area contributed by atoms with Crippen LogP contribution in [0.25, 0.3) is 0 Å². The summed E-state index contributed by atoms with van der Waals surface area (Å²) < 4.78 is 28.4. The number of nitrogens with one attached hydrogen (secondary N) is 1. The number of ether oxygens (including phenoxy) is 1. The van der Waals surface area contributed by atoms with Gasteiger partial charge in [-0.25, -0.2) is 19.0 Å². The van der Waals surface area contributed by atoms with Gasteiger partial charge in [0.25, 0.3) is 5.91 Å².